The fraction of sp³-hybridized carbons (Fsp3) is 0.105. The standard InChI is InChI=1S/C19H16N2O3/c22-12-14-9-10-18(24-14)19-15-6-2-3-7-16(15)21(20-19)11-13-5-1-4-8-17(13)23/h1-10,22-23H,11-12H2. The third kappa shape index (κ3) is 2.45. The van der Waals surface area contributed by atoms with Gasteiger partial charge in [-0.25, -0.2) is 0 Å². The Hall–Kier alpha value is -3.05. The number of phenolic OH excluding ortho intramolecular Hbond substituents is 1. The van der Waals surface area contributed by atoms with Crippen molar-refractivity contribution in [2.75, 3.05) is 0 Å². The van der Waals surface area contributed by atoms with E-state index in [-0.39, 0.29) is 12.4 Å². The summed E-state index contributed by atoms with van der Waals surface area (Å²) in [4.78, 5) is 0. The molecule has 4 rings (SSSR count). The molecule has 0 saturated carbocycles. The summed E-state index contributed by atoms with van der Waals surface area (Å²) in [6, 6.07) is 18.7. The molecule has 120 valence electrons. The fourth-order valence-electron chi connectivity index (χ4n) is 2.83. The van der Waals surface area contributed by atoms with Crippen LogP contribution in [-0.4, -0.2) is 20.0 Å². The third-order valence-corrected chi connectivity index (χ3v) is 4.02. The molecule has 24 heavy (non-hydrogen) atoms. The minimum Gasteiger partial charge on any atom is -0.508 e. The van der Waals surface area contributed by atoms with E-state index in [0.29, 0.717) is 18.1 Å². The maximum atomic E-state index is 10.0. The zero-order valence-corrected chi connectivity index (χ0v) is 12.9. The van der Waals surface area contributed by atoms with Gasteiger partial charge in [-0.3, -0.25) is 4.68 Å². The van der Waals surface area contributed by atoms with Gasteiger partial charge in [-0.15, -0.1) is 0 Å². The maximum Gasteiger partial charge on any atom is 0.155 e. The molecule has 5 nitrogen and oxygen atoms in total. The van der Waals surface area contributed by atoms with Gasteiger partial charge >= 0.3 is 0 Å². The Bertz CT molecular complexity index is 1000. The predicted molar refractivity (Wildman–Crippen MR) is 90.6 cm³/mol. The minimum absolute atomic E-state index is 0.142. The van der Waals surface area contributed by atoms with Crippen molar-refractivity contribution in [2.45, 2.75) is 13.2 Å². The highest BCUT2D eigenvalue weighted by Gasteiger charge is 2.16. The van der Waals surface area contributed by atoms with E-state index in [9.17, 15) is 10.2 Å². The normalized spacial score (nSPS) is 11.2. The molecule has 0 unspecified atom stereocenters. The molecule has 2 aromatic heterocycles. The first-order chi connectivity index (χ1) is 11.8. The molecular formula is C19H16N2O3. The molecule has 2 aromatic carbocycles. The Morgan fingerprint density at radius 1 is 0.958 bits per heavy atom. The lowest BCUT2D eigenvalue weighted by Gasteiger charge is -2.05. The Kier molecular flexibility index (Phi) is 3.55. The second-order valence-electron chi connectivity index (χ2n) is 5.58. The minimum atomic E-state index is -0.142. The van der Waals surface area contributed by atoms with E-state index in [2.05, 4.69) is 5.10 Å². The van der Waals surface area contributed by atoms with Crippen LogP contribution in [0, 0.1) is 0 Å². The van der Waals surface area contributed by atoms with Crippen LogP contribution < -0.4 is 0 Å². The van der Waals surface area contributed by atoms with Crippen molar-refractivity contribution in [1.29, 1.82) is 0 Å². The van der Waals surface area contributed by atoms with Gasteiger partial charge in [0, 0.05) is 10.9 Å². The zero-order chi connectivity index (χ0) is 16.5. The molecule has 0 aliphatic rings. The number of aromatic hydroxyl groups is 1. The van der Waals surface area contributed by atoms with Crippen molar-refractivity contribution >= 4 is 10.9 Å². The number of rotatable bonds is 4. The molecule has 0 fully saturated rings. The Labute approximate surface area is 138 Å². The van der Waals surface area contributed by atoms with Crippen LogP contribution in [0.2, 0.25) is 0 Å². The number of aliphatic hydroxyl groups excluding tert-OH is 1. The first-order valence-corrected chi connectivity index (χ1v) is 7.68. The number of furan rings is 1. The van der Waals surface area contributed by atoms with E-state index in [4.69, 9.17) is 4.42 Å². The van der Waals surface area contributed by atoms with Crippen LogP contribution in [0.1, 0.15) is 11.3 Å². The number of fused-ring (bicyclic) bond motifs is 1. The summed E-state index contributed by atoms with van der Waals surface area (Å²) in [5.74, 6) is 1.37. The largest absolute Gasteiger partial charge is 0.508 e. The van der Waals surface area contributed by atoms with Gasteiger partial charge in [0.1, 0.15) is 23.8 Å². The molecule has 0 bridgehead atoms. The van der Waals surface area contributed by atoms with E-state index in [1.807, 2.05) is 47.1 Å². The zero-order valence-electron chi connectivity index (χ0n) is 12.9. The van der Waals surface area contributed by atoms with Crippen molar-refractivity contribution in [3.8, 4) is 17.2 Å². The number of benzene rings is 2. The van der Waals surface area contributed by atoms with E-state index >= 15 is 0 Å². The average molecular weight is 320 g/mol. The first kappa shape index (κ1) is 14.5. The van der Waals surface area contributed by atoms with Crippen molar-refractivity contribution in [3.05, 3.63) is 72.0 Å². The highest BCUT2D eigenvalue weighted by atomic mass is 16.4. The monoisotopic (exact) mass is 320 g/mol. The highest BCUT2D eigenvalue weighted by Crippen LogP contribution is 2.30. The predicted octanol–water partition coefficient (Wildman–Crippen LogP) is 3.54. The van der Waals surface area contributed by atoms with Crippen LogP contribution in [-0.2, 0) is 13.2 Å². The second kappa shape index (κ2) is 5.86. The molecule has 0 radical (unpaired) electrons. The number of hydrogen-bond acceptors (Lipinski definition) is 4. The van der Waals surface area contributed by atoms with Crippen molar-refractivity contribution in [3.63, 3.8) is 0 Å². The average Bonchev–Trinajstić information content (AvgIpc) is 3.22. The van der Waals surface area contributed by atoms with Crippen LogP contribution >= 0.6 is 0 Å². The molecule has 0 atom stereocenters. The molecular weight excluding hydrogens is 304 g/mol. The summed E-state index contributed by atoms with van der Waals surface area (Å²) in [6.45, 7) is 0.317. The third-order valence-electron chi connectivity index (χ3n) is 4.02. The summed E-state index contributed by atoms with van der Waals surface area (Å²) in [5, 5.41) is 24.8. The number of para-hydroxylation sites is 2. The Balaban J connectivity index is 1.83. The van der Waals surface area contributed by atoms with Gasteiger partial charge in [-0.1, -0.05) is 36.4 Å². The van der Waals surface area contributed by atoms with Crippen LogP contribution in [0.3, 0.4) is 0 Å². The smallest absolute Gasteiger partial charge is 0.155 e. The van der Waals surface area contributed by atoms with E-state index in [1.54, 1.807) is 18.2 Å². The molecule has 0 aliphatic heterocycles. The summed E-state index contributed by atoms with van der Waals surface area (Å²) >= 11 is 0. The Morgan fingerprint density at radius 3 is 2.54 bits per heavy atom. The summed E-state index contributed by atoms with van der Waals surface area (Å²) in [5.41, 5.74) is 2.48. The van der Waals surface area contributed by atoms with Crippen LogP contribution in [0.4, 0.5) is 0 Å². The van der Waals surface area contributed by atoms with Crippen molar-refractivity contribution < 1.29 is 14.6 Å². The maximum absolute atomic E-state index is 10.0. The molecule has 5 heteroatoms. The van der Waals surface area contributed by atoms with Crippen LogP contribution in [0.15, 0.2) is 65.1 Å². The molecule has 2 N–H and O–H groups in total. The van der Waals surface area contributed by atoms with E-state index < -0.39 is 0 Å². The van der Waals surface area contributed by atoms with Gasteiger partial charge in [0.15, 0.2) is 5.76 Å². The lowest BCUT2D eigenvalue weighted by atomic mass is 10.1. The fourth-order valence-corrected chi connectivity index (χ4v) is 2.83. The molecule has 0 saturated heterocycles. The number of aromatic nitrogens is 2. The number of phenols is 1. The summed E-state index contributed by atoms with van der Waals surface area (Å²) in [6.07, 6.45) is 0. The number of aliphatic hydroxyl groups is 1. The topological polar surface area (TPSA) is 71.4 Å². The van der Waals surface area contributed by atoms with Gasteiger partial charge in [-0.05, 0) is 24.3 Å². The van der Waals surface area contributed by atoms with Crippen molar-refractivity contribution in [2.24, 2.45) is 0 Å². The lowest BCUT2D eigenvalue weighted by Crippen LogP contribution is -2.01. The van der Waals surface area contributed by atoms with Crippen LogP contribution in [0.5, 0.6) is 5.75 Å². The van der Waals surface area contributed by atoms with Gasteiger partial charge in [0.25, 0.3) is 0 Å². The number of hydrogen-bond donors (Lipinski definition) is 2. The summed E-state index contributed by atoms with van der Waals surface area (Å²) < 4.78 is 7.49. The van der Waals surface area contributed by atoms with Gasteiger partial charge in [0.2, 0.25) is 0 Å². The van der Waals surface area contributed by atoms with Gasteiger partial charge < -0.3 is 14.6 Å². The first-order valence-electron chi connectivity index (χ1n) is 7.68. The highest BCUT2D eigenvalue weighted by molar-refractivity contribution is 5.92. The Morgan fingerprint density at radius 2 is 1.75 bits per heavy atom. The van der Waals surface area contributed by atoms with E-state index in [0.717, 1.165) is 22.2 Å². The molecule has 0 aliphatic carbocycles. The molecule has 0 spiro atoms. The summed E-state index contributed by atoms with van der Waals surface area (Å²) in [7, 11) is 0. The SMILES string of the molecule is OCc1ccc(-c2nn(Cc3ccccc3O)c3ccccc23)o1. The van der Waals surface area contributed by atoms with Gasteiger partial charge in [-0.2, -0.15) is 5.10 Å². The molecule has 4 aromatic rings. The van der Waals surface area contributed by atoms with Crippen molar-refractivity contribution in [1.82, 2.24) is 9.78 Å². The van der Waals surface area contributed by atoms with E-state index in [1.165, 1.54) is 0 Å². The lowest BCUT2D eigenvalue weighted by molar-refractivity contribution is 0.248. The van der Waals surface area contributed by atoms with Crippen LogP contribution in [0.25, 0.3) is 22.4 Å². The molecule has 0 amide bonds. The quantitative estimate of drug-likeness (QED) is 0.603. The number of nitrogens with zero attached hydrogens (tertiary/aromatic N) is 2. The van der Waals surface area contributed by atoms with Gasteiger partial charge in [0.05, 0.1) is 12.1 Å². The molecule has 2 heterocycles. The second-order valence-corrected chi connectivity index (χ2v) is 5.58.